The van der Waals surface area contributed by atoms with Crippen molar-refractivity contribution in [2.75, 3.05) is 11.4 Å². The van der Waals surface area contributed by atoms with Crippen LogP contribution in [-0.4, -0.2) is 22.6 Å². The Bertz CT molecular complexity index is 424. The molecular weight excluding hydrogens is 270 g/mol. The van der Waals surface area contributed by atoms with Gasteiger partial charge in [-0.05, 0) is 20.3 Å². The second-order valence-electron chi connectivity index (χ2n) is 6.62. The van der Waals surface area contributed by atoms with Crippen LogP contribution in [0, 0.1) is 0 Å². The quantitative estimate of drug-likeness (QED) is 0.556. The van der Waals surface area contributed by atoms with Gasteiger partial charge in [0.15, 0.2) is 0 Å². The maximum Gasteiger partial charge on any atom is 0.137 e. The smallest absolute Gasteiger partial charge is 0.137 e. The summed E-state index contributed by atoms with van der Waals surface area (Å²) in [6, 6.07) is 2.29. The first-order valence-electron chi connectivity index (χ1n) is 7.57. The summed E-state index contributed by atoms with van der Waals surface area (Å²) >= 11 is 6.19. The van der Waals surface area contributed by atoms with Crippen LogP contribution in [0.3, 0.4) is 0 Å². The molecule has 0 saturated carbocycles. The molecule has 0 spiro atoms. The SMILES string of the molecule is CCCCCN(c1cc(Cl)nc(C(C)(C)C)n1)C(C)C. The zero-order valence-electron chi connectivity index (χ0n) is 13.7. The Kier molecular flexibility index (Phi) is 6.25. The minimum Gasteiger partial charge on any atom is -0.354 e. The van der Waals surface area contributed by atoms with Gasteiger partial charge in [0.2, 0.25) is 0 Å². The van der Waals surface area contributed by atoms with Crippen LogP contribution < -0.4 is 4.90 Å². The number of rotatable bonds is 6. The summed E-state index contributed by atoms with van der Waals surface area (Å²) in [4.78, 5) is 11.4. The number of hydrogen-bond donors (Lipinski definition) is 0. The lowest BCUT2D eigenvalue weighted by Crippen LogP contribution is -2.33. The molecule has 0 amide bonds. The molecule has 3 nitrogen and oxygen atoms in total. The van der Waals surface area contributed by atoms with Gasteiger partial charge >= 0.3 is 0 Å². The second kappa shape index (κ2) is 7.26. The standard InChI is InChI=1S/C16H28ClN3/c1-7-8-9-10-20(12(2)3)14-11-13(17)18-15(19-14)16(4,5)6/h11-12H,7-10H2,1-6H3. The first-order chi connectivity index (χ1) is 9.25. The lowest BCUT2D eigenvalue weighted by molar-refractivity contribution is 0.540. The zero-order chi connectivity index (χ0) is 15.3. The van der Waals surface area contributed by atoms with Gasteiger partial charge in [0.25, 0.3) is 0 Å². The van der Waals surface area contributed by atoms with E-state index in [0.717, 1.165) is 18.2 Å². The molecule has 1 aromatic rings. The maximum atomic E-state index is 6.19. The van der Waals surface area contributed by atoms with Gasteiger partial charge < -0.3 is 4.90 Å². The van der Waals surface area contributed by atoms with E-state index in [0.29, 0.717) is 11.2 Å². The predicted octanol–water partition coefficient (Wildman–Crippen LogP) is 4.83. The van der Waals surface area contributed by atoms with Gasteiger partial charge in [-0.25, -0.2) is 9.97 Å². The first-order valence-corrected chi connectivity index (χ1v) is 7.95. The minimum atomic E-state index is -0.0915. The Morgan fingerprint density at radius 3 is 2.35 bits per heavy atom. The lowest BCUT2D eigenvalue weighted by atomic mass is 9.96. The molecule has 0 atom stereocenters. The van der Waals surface area contributed by atoms with Crippen LogP contribution in [0.15, 0.2) is 6.07 Å². The summed E-state index contributed by atoms with van der Waals surface area (Å²) in [6.45, 7) is 14.0. The number of hydrogen-bond acceptors (Lipinski definition) is 3. The zero-order valence-corrected chi connectivity index (χ0v) is 14.5. The Morgan fingerprint density at radius 2 is 1.85 bits per heavy atom. The van der Waals surface area contributed by atoms with E-state index in [1.165, 1.54) is 19.3 Å². The molecule has 20 heavy (non-hydrogen) atoms. The molecule has 0 aliphatic carbocycles. The van der Waals surface area contributed by atoms with Crippen LogP contribution in [0.4, 0.5) is 5.82 Å². The van der Waals surface area contributed by atoms with Gasteiger partial charge in [0.05, 0.1) is 0 Å². The highest BCUT2D eigenvalue weighted by Crippen LogP contribution is 2.25. The fourth-order valence-corrected chi connectivity index (χ4v) is 2.24. The van der Waals surface area contributed by atoms with E-state index in [4.69, 9.17) is 16.6 Å². The van der Waals surface area contributed by atoms with Gasteiger partial charge in [-0.3, -0.25) is 0 Å². The average molecular weight is 298 g/mol. The molecule has 1 rings (SSSR count). The first kappa shape index (κ1) is 17.2. The van der Waals surface area contributed by atoms with Crippen molar-refractivity contribution in [2.24, 2.45) is 0 Å². The van der Waals surface area contributed by atoms with Crippen LogP contribution in [0.2, 0.25) is 5.15 Å². The molecule has 4 heteroatoms. The number of anilines is 1. The third-order valence-corrected chi connectivity index (χ3v) is 3.47. The van der Waals surface area contributed by atoms with E-state index in [2.05, 4.69) is 51.4 Å². The van der Waals surface area contributed by atoms with E-state index in [1.54, 1.807) is 0 Å². The molecule has 0 N–H and O–H groups in total. The summed E-state index contributed by atoms with van der Waals surface area (Å²) in [5.41, 5.74) is -0.0915. The molecule has 1 heterocycles. The molecular formula is C16H28ClN3. The van der Waals surface area contributed by atoms with Crippen molar-refractivity contribution in [3.05, 3.63) is 17.0 Å². The predicted molar refractivity (Wildman–Crippen MR) is 87.7 cm³/mol. The third-order valence-electron chi connectivity index (χ3n) is 3.27. The van der Waals surface area contributed by atoms with Gasteiger partial charge in [0, 0.05) is 24.1 Å². The Balaban J connectivity index is 3.04. The Morgan fingerprint density at radius 1 is 1.20 bits per heavy atom. The summed E-state index contributed by atoms with van der Waals surface area (Å²) in [6.07, 6.45) is 3.65. The lowest BCUT2D eigenvalue weighted by Gasteiger charge is -2.29. The van der Waals surface area contributed by atoms with Gasteiger partial charge in [0.1, 0.15) is 16.8 Å². The fourth-order valence-electron chi connectivity index (χ4n) is 2.06. The minimum absolute atomic E-state index is 0.0915. The Labute approximate surface area is 128 Å². The summed E-state index contributed by atoms with van der Waals surface area (Å²) < 4.78 is 0. The van der Waals surface area contributed by atoms with Gasteiger partial charge in [-0.15, -0.1) is 0 Å². The van der Waals surface area contributed by atoms with Gasteiger partial charge in [-0.2, -0.15) is 0 Å². The molecule has 0 aliphatic heterocycles. The van der Waals surface area contributed by atoms with Crippen LogP contribution in [0.5, 0.6) is 0 Å². The van der Waals surface area contributed by atoms with Gasteiger partial charge in [-0.1, -0.05) is 52.1 Å². The van der Waals surface area contributed by atoms with Crippen molar-refractivity contribution in [3.63, 3.8) is 0 Å². The number of halogens is 1. The maximum absolute atomic E-state index is 6.19. The van der Waals surface area contributed by atoms with E-state index in [-0.39, 0.29) is 5.41 Å². The van der Waals surface area contributed by atoms with Crippen molar-refractivity contribution in [1.29, 1.82) is 0 Å². The normalized spacial score (nSPS) is 12.0. The van der Waals surface area contributed by atoms with Crippen molar-refractivity contribution >= 4 is 17.4 Å². The molecule has 0 bridgehead atoms. The van der Waals surface area contributed by atoms with E-state index in [9.17, 15) is 0 Å². The van der Waals surface area contributed by atoms with Crippen molar-refractivity contribution in [1.82, 2.24) is 9.97 Å². The molecule has 114 valence electrons. The fraction of sp³-hybridized carbons (Fsp3) is 0.750. The summed E-state index contributed by atoms with van der Waals surface area (Å²) in [5.74, 6) is 1.75. The molecule has 0 radical (unpaired) electrons. The van der Waals surface area contributed by atoms with Crippen LogP contribution in [0.25, 0.3) is 0 Å². The van der Waals surface area contributed by atoms with Crippen molar-refractivity contribution < 1.29 is 0 Å². The van der Waals surface area contributed by atoms with Crippen LogP contribution >= 0.6 is 11.6 Å². The molecule has 1 aromatic heterocycles. The summed E-state index contributed by atoms with van der Waals surface area (Å²) in [5, 5.41) is 0.529. The Hall–Kier alpha value is -0.830. The highest BCUT2D eigenvalue weighted by molar-refractivity contribution is 6.29. The highest BCUT2D eigenvalue weighted by atomic mass is 35.5. The number of aromatic nitrogens is 2. The molecule has 0 unspecified atom stereocenters. The highest BCUT2D eigenvalue weighted by Gasteiger charge is 2.21. The molecule has 0 saturated heterocycles. The monoisotopic (exact) mass is 297 g/mol. The largest absolute Gasteiger partial charge is 0.354 e. The summed E-state index contributed by atoms with van der Waals surface area (Å²) in [7, 11) is 0. The topological polar surface area (TPSA) is 29.0 Å². The molecule has 0 aromatic carbocycles. The van der Waals surface area contributed by atoms with E-state index < -0.39 is 0 Å². The van der Waals surface area contributed by atoms with Crippen LogP contribution in [0.1, 0.15) is 66.6 Å². The second-order valence-corrected chi connectivity index (χ2v) is 7.00. The van der Waals surface area contributed by atoms with E-state index >= 15 is 0 Å². The number of nitrogens with zero attached hydrogens (tertiary/aromatic N) is 3. The average Bonchev–Trinajstić information content (AvgIpc) is 2.32. The van der Waals surface area contributed by atoms with Crippen LogP contribution in [-0.2, 0) is 5.41 Å². The van der Waals surface area contributed by atoms with Crippen molar-refractivity contribution in [3.8, 4) is 0 Å². The van der Waals surface area contributed by atoms with Crippen molar-refractivity contribution in [2.45, 2.75) is 72.3 Å². The third kappa shape index (κ3) is 4.93. The molecule has 0 fully saturated rings. The molecule has 0 aliphatic rings. The van der Waals surface area contributed by atoms with E-state index in [1.807, 2.05) is 6.07 Å². The number of unbranched alkanes of at least 4 members (excludes halogenated alkanes) is 2.